The van der Waals surface area contributed by atoms with Crippen LogP contribution in [0.2, 0.25) is 0 Å². The third-order valence-corrected chi connectivity index (χ3v) is 5.58. The van der Waals surface area contributed by atoms with Crippen LogP contribution >= 0.6 is 0 Å². The number of aliphatic carboxylic acids is 1. The zero-order valence-corrected chi connectivity index (χ0v) is 16.0. The number of hydrogen-bond donors (Lipinski definition) is 2. The van der Waals surface area contributed by atoms with E-state index in [1.165, 1.54) is 12.1 Å². The molecule has 2 N–H and O–H groups in total. The molecule has 0 aromatic heterocycles. The summed E-state index contributed by atoms with van der Waals surface area (Å²) in [5.74, 6) is -0.986. The lowest BCUT2D eigenvalue weighted by Crippen LogP contribution is -2.56. The third-order valence-electron chi connectivity index (χ3n) is 5.58. The first-order chi connectivity index (χ1) is 13.5. The van der Waals surface area contributed by atoms with Gasteiger partial charge in [-0.25, -0.2) is 9.18 Å². The van der Waals surface area contributed by atoms with Crippen molar-refractivity contribution in [1.29, 1.82) is 0 Å². The smallest absolute Gasteiger partial charge is 0.317 e. The number of amides is 2. The highest BCUT2D eigenvalue weighted by Gasteiger charge is 2.35. The van der Waals surface area contributed by atoms with Crippen LogP contribution in [0.1, 0.15) is 24.8 Å². The Bertz CT molecular complexity index is 664. The van der Waals surface area contributed by atoms with Crippen molar-refractivity contribution in [3.8, 4) is 0 Å². The maximum atomic E-state index is 13.0. The molecule has 2 atom stereocenters. The summed E-state index contributed by atoms with van der Waals surface area (Å²) in [4.78, 5) is 27.8. The number of urea groups is 1. The lowest BCUT2D eigenvalue weighted by atomic mass is 9.87. The van der Waals surface area contributed by atoms with E-state index in [9.17, 15) is 14.0 Å². The molecule has 0 spiro atoms. The lowest BCUT2D eigenvalue weighted by Gasteiger charge is -2.45. The first kappa shape index (κ1) is 20.5. The van der Waals surface area contributed by atoms with Crippen molar-refractivity contribution in [2.24, 2.45) is 5.92 Å². The average molecular weight is 393 g/mol. The number of nitrogens with zero attached hydrogens (tertiary/aromatic N) is 2. The number of likely N-dealkylation sites (tertiary alicyclic amines) is 1. The number of hydrogen-bond acceptors (Lipinski definition) is 4. The molecule has 0 radical (unpaired) electrons. The van der Waals surface area contributed by atoms with Crippen molar-refractivity contribution in [2.75, 3.05) is 39.4 Å². The van der Waals surface area contributed by atoms with E-state index >= 15 is 0 Å². The van der Waals surface area contributed by atoms with Crippen molar-refractivity contribution < 1.29 is 23.8 Å². The van der Waals surface area contributed by atoms with Gasteiger partial charge in [0.1, 0.15) is 5.82 Å². The quantitative estimate of drug-likeness (QED) is 0.772. The number of carbonyl (C=O) groups excluding carboxylic acids is 1. The number of carbonyl (C=O) groups is 2. The Kier molecular flexibility index (Phi) is 7.22. The van der Waals surface area contributed by atoms with Crippen LogP contribution in [0.25, 0.3) is 0 Å². The fourth-order valence-electron chi connectivity index (χ4n) is 4.08. The summed E-state index contributed by atoms with van der Waals surface area (Å²) >= 11 is 0. The monoisotopic (exact) mass is 393 g/mol. The predicted octanol–water partition coefficient (Wildman–Crippen LogP) is 1.92. The Balaban J connectivity index is 1.57. The van der Waals surface area contributed by atoms with Crippen LogP contribution in [0, 0.1) is 11.7 Å². The summed E-state index contributed by atoms with van der Waals surface area (Å²) in [6, 6.07) is 6.16. The second kappa shape index (κ2) is 9.84. The van der Waals surface area contributed by atoms with Gasteiger partial charge in [0, 0.05) is 45.2 Å². The van der Waals surface area contributed by atoms with E-state index < -0.39 is 5.97 Å². The van der Waals surface area contributed by atoms with Gasteiger partial charge in [-0.3, -0.25) is 9.69 Å². The highest BCUT2D eigenvalue weighted by molar-refractivity contribution is 5.74. The van der Waals surface area contributed by atoms with Crippen LogP contribution in [-0.2, 0) is 16.1 Å². The fraction of sp³-hybridized carbons (Fsp3) is 0.600. The molecule has 28 heavy (non-hydrogen) atoms. The molecule has 2 aliphatic rings. The highest BCUT2D eigenvalue weighted by Crippen LogP contribution is 2.27. The summed E-state index contributed by atoms with van der Waals surface area (Å²) in [6.07, 6.45) is 1.49. The minimum atomic E-state index is -0.807. The van der Waals surface area contributed by atoms with E-state index in [4.69, 9.17) is 9.84 Å². The molecule has 1 aromatic carbocycles. The zero-order valence-electron chi connectivity index (χ0n) is 16.0. The second-order valence-corrected chi connectivity index (χ2v) is 7.43. The number of benzene rings is 1. The minimum absolute atomic E-state index is 0.108. The van der Waals surface area contributed by atoms with E-state index in [-0.39, 0.29) is 30.2 Å². The van der Waals surface area contributed by atoms with Crippen LogP contribution in [0.4, 0.5) is 9.18 Å². The van der Waals surface area contributed by atoms with Gasteiger partial charge in [-0.15, -0.1) is 0 Å². The topological polar surface area (TPSA) is 82.1 Å². The molecule has 2 fully saturated rings. The maximum Gasteiger partial charge on any atom is 0.317 e. The summed E-state index contributed by atoms with van der Waals surface area (Å²) in [7, 11) is 0. The molecule has 2 amide bonds. The molecule has 2 heterocycles. The predicted molar refractivity (Wildman–Crippen MR) is 101 cm³/mol. The number of morpholine rings is 1. The van der Waals surface area contributed by atoms with Gasteiger partial charge in [0.25, 0.3) is 0 Å². The molecule has 3 rings (SSSR count). The molecule has 154 valence electrons. The molecular formula is C20H28FN3O4. The summed E-state index contributed by atoms with van der Waals surface area (Å²) < 4.78 is 18.4. The van der Waals surface area contributed by atoms with Gasteiger partial charge in [-0.05, 0) is 36.5 Å². The van der Waals surface area contributed by atoms with Crippen LogP contribution in [0.15, 0.2) is 24.3 Å². The van der Waals surface area contributed by atoms with Gasteiger partial charge >= 0.3 is 12.0 Å². The molecule has 0 aliphatic carbocycles. The van der Waals surface area contributed by atoms with Gasteiger partial charge in [-0.1, -0.05) is 12.1 Å². The van der Waals surface area contributed by atoms with Crippen molar-refractivity contribution in [3.05, 3.63) is 35.6 Å². The number of piperidine rings is 1. The highest BCUT2D eigenvalue weighted by atomic mass is 19.1. The Hall–Kier alpha value is -2.19. The minimum Gasteiger partial charge on any atom is -0.481 e. The zero-order chi connectivity index (χ0) is 19.9. The van der Waals surface area contributed by atoms with E-state index in [0.29, 0.717) is 39.3 Å². The molecule has 7 nitrogen and oxygen atoms in total. The van der Waals surface area contributed by atoms with Gasteiger partial charge in [0.15, 0.2) is 0 Å². The fourth-order valence-corrected chi connectivity index (χ4v) is 4.08. The Morgan fingerprint density at radius 2 is 1.89 bits per heavy atom. The number of halogens is 1. The normalized spacial score (nSPS) is 23.4. The maximum absolute atomic E-state index is 13.0. The summed E-state index contributed by atoms with van der Waals surface area (Å²) in [5.41, 5.74) is 0.834. The molecule has 8 heteroatoms. The average Bonchev–Trinajstić information content (AvgIpc) is 2.72. The Morgan fingerprint density at radius 3 is 2.57 bits per heavy atom. The number of carboxylic acids is 1. The largest absolute Gasteiger partial charge is 0.481 e. The van der Waals surface area contributed by atoms with E-state index in [1.807, 2.05) is 0 Å². The van der Waals surface area contributed by atoms with Crippen molar-refractivity contribution in [1.82, 2.24) is 15.1 Å². The molecule has 2 aliphatic heterocycles. The van der Waals surface area contributed by atoms with Gasteiger partial charge in [-0.2, -0.15) is 0 Å². The van der Waals surface area contributed by atoms with Gasteiger partial charge in [0.2, 0.25) is 0 Å². The van der Waals surface area contributed by atoms with Crippen molar-refractivity contribution in [3.63, 3.8) is 0 Å². The Morgan fingerprint density at radius 1 is 1.18 bits per heavy atom. The first-order valence-electron chi connectivity index (χ1n) is 9.84. The van der Waals surface area contributed by atoms with Gasteiger partial charge < -0.3 is 20.1 Å². The second-order valence-electron chi connectivity index (χ2n) is 7.43. The lowest BCUT2D eigenvalue weighted by molar-refractivity contribution is -0.137. The van der Waals surface area contributed by atoms with Crippen molar-refractivity contribution >= 4 is 12.0 Å². The SMILES string of the molecule is O=C(O)CC[C@@H]1CN(C(=O)NCc2ccc(F)cc2)CC[C@@H]1N1CCOCC1. The van der Waals surface area contributed by atoms with Crippen LogP contribution in [0.3, 0.4) is 0 Å². The molecule has 0 bridgehead atoms. The van der Waals surface area contributed by atoms with E-state index in [2.05, 4.69) is 10.2 Å². The van der Waals surface area contributed by atoms with Crippen molar-refractivity contribution in [2.45, 2.75) is 31.8 Å². The van der Waals surface area contributed by atoms with Crippen LogP contribution < -0.4 is 5.32 Å². The standard InChI is InChI=1S/C20H28FN3O4/c21-17-4-1-15(2-5-17)13-22-20(27)24-8-7-18(23-9-11-28-12-10-23)16(14-24)3-6-19(25)26/h1-2,4-5,16,18H,3,6-14H2,(H,22,27)(H,25,26)/t16-,18+/m1/s1. The van der Waals surface area contributed by atoms with Crippen LogP contribution in [-0.4, -0.2) is 72.3 Å². The molecule has 0 saturated carbocycles. The number of carboxylic acid groups (broad SMARTS) is 1. The number of ether oxygens (including phenoxy) is 1. The molecule has 2 saturated heterocycles. The van der Waals surface area contributed by atoms with E-state index in [0.717, 1.165) is 25.1 Å². The summed E-state index contributed by atoms with van der Waals surface area (Å²) in [5, 5.41) is 12.0. The number of rotatable bonds is 6. The van der Waals surface area contributed by atoms with Gasteiger partial charge in [0.05, 0.1) is 13.2 Å². The molecule has 1 aromatic rings. The Labute approximate surface area is 164 Å². The van der Waals surface area contributed by atoms with E-state index in [1.54, 1.807) is 17.0 Å². The number of nitrogens with one attached hydrogen (secondary N) is 1. The molecule has 0 unspecified atom stereocenters. The summed E-state index contributed by atoms with van der Waals surface area (Å²) in [6.45, 7) is 4.62. The van der Waals surface area contributed by atoms with Crippen LogP contribution in [0.5, 0.6) is 0 Å². The third kappa shape index (κ3) is 5.65. The first-order valence-corrected chi connectivity index (χ1v) is 9.84. The molecular weight excluding hydrogens is 365 g/mol.